The van der Waals surface area contributed by atoms with Gasteiger partial charge in [-0.3, -0.25) is 14.9 Å². The first kappa shape index (κ1) is 21.6. The number of hydrogen-bond donors (Lipinski definition) is 1. The molecule has 0 aromatic heterocycles. The fraction of sp³-hybridized carbons (Fsp3) is 0.350. The van der Waals surface area contributed by atoms with Gasteiger partial charge in [0.2, 0.25) is 0 Å². The molecule has 0 bridgehead atoms. The summed E-state index contributed by atoms with van der Waals surface area (Å²) >= 11 is 0. The van der Waals surface area contributed by atoms with Gasteiger partial charge in [-0.05, 0) is 43.8 Å². The number of non-ortho nitro benzene ring substituents is 1. The Labute approximate surface area is 171 Å². The standard InChI is InChI=1S/C20H21F3N4O3/c1-13-9-14(11-15(10-13)20(21,22)23)19(28)24-17-12-16(27(29)30)3-4-18(17)26-7-5-25(2)6-8-26/h3-4,9-12H,5-8H2,1-2H3,(H,24,28). The largest absolute Gasteiger partial charge is 0.416 e. The van der Waals surface area contributed by atoms with Crippen LogP contribution in [0.3, 0.4) is 0 Å². The first-order valence-corrected chi connectivity index (χ1v) is 9.27. The number of carbonyl (C=O) groups excluding carboxylic acids is 1. The van der Waals surface area contributed by atoms with Gasteiger partial charge >= 0.3 is 6.18 Å². The number of benzene rings is 2. The average Bonchev–Trinajstić information content (AvgIpc) is 2.67. The molecule has 1 aliphatic heterocycles. The van der Waals surface area contributed by atoms with Gasteiger partial charge in [-0.15, -0.1) is 0 Å². The van der Waals surface area contributed by atoms with Crippen LogP contribution in [0.4, 0.5) is 30.2 Å². The van der Waals surface area contributed by atoms with Crippen LogP contribution in [0.1, 0.15) is 21.5 Å². The molecule has 7 nitrogen and oxygen atoms in total. The molecule has 1 saturated heterocycles. The zero-order valence-corrected chi connectivity index (χ0v) is 16.5. The van der Waals surface area contributed by atoms with E-state index in [1.54, 1.807) is 6.07 Å². The van der Waals surface area contributed by atoms with Crippen LogP contribution in [-0.4, -0.2) is 49.0 Å². The third-order valence-corrected chi connectivity index (χ3v) is 4.95. The molecule has 3 rings (SSSR count). The molecule has 1 aliphatic rings. The van der Waals surface area contributed by atoms with E-state index in [4.69, 9.17) is 0 Å². The summed E-state index contributed by atoms with van der Waals surface area (Å²) in [6.07, 6.45) is -4.59. The first-order valence-electron chi connectivity index (χ1n) is 9.27. The van der Waals surface area contributed by atoms with Gasteiger partial charge in [0.15, 0.2) is 0 Å². The van der Waals surface area contributed by atoms with Crippen LogP contribution in [0.2, 0.25) is 0 Å². The number of anilines is 2. The topological polar surface area (TPSA) is 78.7 Å². The molecule has 2 aromatic carbocycles. The normalized spacial score (nSPS) is 15.2. The summed E-state index contributed by atoms with van der Waals surface area (Å²) in [7, 11) is 1.98. The summed E-state index contributed by atoms with van der Waals surface area (Å²) in [6.45, 7) is 4.32. The average molecular weight is 422 g/mol. The molecule has 0 atom stereocenters. The van der Waals surface area contributed by atoms with Crippen LogP contribution in [0.25, 0.3) is 0 Å². The molecule has 0 spiro atoms. The molecule has 1 amide bonds. The van der Waals surface area contributed by atoms with Crippen molar-refractivity contribution in [2.45, 2.75) is 13.1 Å². The second kappa shape index (κ2) is 8.31. The Kier molecular flexibility index (Phi) is 5.97. The predicted octanol–water partition coefficient (Wildman–Crippen LogP) is 3.93. The van der Waals surface area contributed by atoms with Crippen LogP contribution >= 0.6 is 0 Å². The number of nitro groups is 1. The van der Waals surface area contributed by atoms with Crippen molar-refractivity contribution >= 4 is 23.0 Å². The van der Waals surface area contributed by atoms with Crippen molar-refractivity contribution in [3.63, 3.8) is 0 Å². The highest BCUT2D eigenvalue weighted by molar-refractivity contribution is 6.06. The van der Waals surface area contributed by atoms with E-state index in [1.807, 2.05) is 11.9 Å². The third kappa shape index (κ3) is 4.88. The van der Waals surface area contributed by atoms with Gasteiger partial charge < -0.3 is 15.1 Å². The zero-order valence-electron chi connectivity index (χ0n) is 16.5. The van der Waals surface area contributed by atoms with Crippen LogP contribution in [0, 0.1) is 17.0 Å². The Morgan fingerprint density at radius 1 is 1.10 bits per heavy atom. The number of nitro benzene ring substituents is 1. The first-order chi connectivity index (χ1) is 14.0. The van der Waals surface area contributed by atoms with Crippen LogP contribution in [-0.2, 0) is 6.18 Å². The summed E-state index contributed by atoms with van der Waals surface area (Å²) in [5.74, 6) is -0.764. The highest BCUT2D eigenvalue weighted by atomic mass is 19.4. The van der Waals surface area contributed by atoms with Gasteiger partial charge in [0, 0.05) is 43.9 Å². The van der Waals surface area contributed by atoms with Gasteiger partial charge in [-0.1, -0.05) is 0 Å². The minimum atomic E-state index is -4.59. The summed E-state index contributed by atoms with van der Waals surface area (Å²) in [6, 6.07) is 7.20. The molecule has 0 radical (unpaired) electrons. The minimum absolute atomic E-state index is 0.168. The number of alkyl halides is 3. The van der Waals surface area contributed by atoms with Crippen LogP contribution < -0.4 is 10.2 Å². The van der Waals surface area contributed by atoms with E-state index in [0.29, 0.717) is 18.8 Å². The van der Waals surface area contributed by atoms with Crippen molar-refractivity contribution in [2.75, 3.05) is 43.4 Å². The Bertz CT molecular complexity index is 970. The molecular weight excluding hydrogens is 401 g/mol. The Morgan fingerprint density at radius 3 is 2.37 bits per heavy atom. The molecule has 0 aliphatic carbocycles. The fourth-order valence-corrected chi connectivity index (χ4v) is 3.33. The fourth-order valence-electron chi connectivity index (χ4n) is 3.33. The van der Waals surface area contributed by atoms with Crippen molar-refractivity contribution in [3.8, 4) is 0 Å². The number of nitrogens with zero attached hydrogens (tertiary/aromatic N) is 3. The Morgan fingerprint density at radius 2 is 1.77 bits per heavy atom. The lowest BCUT2D eigenvalue weighted by Gasteiger charge is -2.35. The quantitative estimate of drug-likeness (QED) is 0.597. The number of rotatable bonds is 4. The number of halogens is 3. The molecule has 30 heavy (non-hydrogen) atoms. The van der Waals surface area contributed by atoms with Crippen molar-refractivity contribution in [1.29, 1.82) is 0 Å². The molecule has 160 valence electrons. The number of piperazine rings is 1. The van der Waals surface area contributed by atoms with Gasteiger partial charge in [0.05, 0.1) is 21.9 Å². The summed E-state index contributed by atoms with van der Waals surface area (Å²) < 4.78 is 39.3. The SMILES string of the molecule is Cc1cc(C(=O)Nc2cc([N+](=O)[O-])ccc2N2CCN(C)CC2)cc(C(F)(F)F)c1. The Hall–Kier alpha value is -3.14. The van der Waals surface area contributed by atoms with Crippen LogP contribution in [0.15, 0.2) is 36.4 Å². The van der Waals surface area contributed by atoms with E-state index >= 15 is 0 Å². The molecule has 1 heterocycles. The maximum atomic E-state index is 13.1. The van der Waals surface area contributed by atoms with E-state index in [2.05, 4.69) is 10.2 Å². The highest BCUT2D eigenvalue weighted by Gasteiger charge is 2.31. The van der Waals surface area contributed by atoms with E-state index in [0.717, 1.165) is 25.2 Å². The maximum Gasteiger partial charge on any atom is 0.416 e. The number of aryl methyl sites for hydroxylation is 1. The molecule has 1 fully saturated rings. The third-order valence-electron chi connectivity index (χ3n) is 4.95. The van der Waals surface area contributed by atoms with Gasteiger partial charge in [-0.2, -0.15) is 13.2 Å². The molecule has 0 unspecified atom stereocenters. The van der Waals surface area contributed by atoms with Crippen molar-refractivity contribution in [2.24, 2.45) is 0 Å². The second-order valence-electron chi connectivity index (χ2n) is 7.29. The van der Waals surface area contributed by atoms with Gasteiger partial charge in [-0.25, -0.2) is 0 Å². The summed E-state index contributed by atoms with van der Waals surface area (Å²) in [4.78, 5) is 27.5. The summed E-state index contributed by atoms with van der Waals surface area (Å²) in [5, 5.41) is 13.8. The molecule has 0 saturated carbocycles. The van der Waals surface area contributed by atoms with E-state index in [9.17, 15) is 28.1 Å². The second-order valence-corrected chi connectivity index (χ2v) is 7.29. The highest BCUT2D eigenvalue weighted by Crippen LogP contribution is 2.33. The van der Waals surface area contributed by atoms with Crippen molar-refractivity contribution in [1.82, 2.24) is 4.90 Å². The van der Waals surface area contributed by atoms with Crippen molar-refractivity contribution < 1.29 is 22.9 Å². The minimum Gasteiger partial charge on any atom is -0.367 e. The Balaban J connectivity index is 1.94. The van der Waals surface area contributed by atoms with E-state index in [1.165, 1.54) is 25.1 Å². The number of likely N-dealkylation sites (N-methyl/N-ethyl adjacent to an activating group) is 1. The number of hydrogen-bond acceptors (Lipinski definition) is 5. The lowest BCUT2D eigenvalue weighted by atomic mass is 10.1. The summed E-state index contributed by atoms with van der Waals surface area (Å²) in [5.41, 5.74) is -0.250. The molecule has 2 aromatic rings. The number of carbonyl (C=O) groups is 1. The lowest BCUT2D eigenvalue weighted by Crippen LogP contribution is -2.44. The molecular formula is C20H21F3N4O3. The predicted molar refractivity (Wildman–Crippen MR) is 107 cm³/mol. The number of nitrogens with one attached hydrogen (secondary N) is 1. The maximum absolute atomic E-state index is 13.1. The molecule has 1 N–H and O–H groups in total. The van der Waals surface area contributed by atoms with Gasteiger partial charge in [0.25, 0.3) is 11.6 Å². The van der Waals surface area contributed by atoms with Crippen molar-refractivity contribution in [3.05, 3.63) is 63.2 Å². The monoisotopic (exact) mass is 422 g/mol. The zero-order chi connectivity index (χ0) is 22.1. The van der Waals surface area contributed by atoms with E-state index in [-0.39, 0.29) is 22.5 Å². The lowest BCUT2D eigenvalue weighted by molar-refractivity contribution is -0.384. The van der Waals surface area contributed by atoms with E-state index < -0.39 is 22.6 Å². The molecule has 10 heteroatoms. The van der Waals surface area contributed by atoms with Gasteiger partial charge in [0.1, 0.15) is 0 Å². The smallest absolute Gasteiger partial charge is 0.367 e. The van der Waals surface area contributed by atoms with Crippen LogP contribution in [0.5, 0.6) is 0 Å². The number of amides is 1.